The van der Waals surface area contributed by atoms with Gasteiger partial charge in [-0.05, 0) is 18.6 Å². The molecule has 3 aliphatic rings. The van der Waals surface area contributed by atoms with Crippen LogP contribution in [-0.4, -0.2) is 5.97 Å². The topological polar surface area (TPSA) is 26.3 Å². The maximum atomic E-state index is 12.3. The molecule has 1 aromatic carbocycles. The Morgan fingerprint density at radius 1 is 1.28 bits per heavy atom. The molecule has 0 bridgehead atoms. The van der Waals surface area contributed by atoms with Gasteiger partial charge in [0, 0.05) is 43.1 Å². The van der Waals surface area contributed by atoms with Gasteiger partial charge in [0.2, 0.25) is 0 Å². The van der Waals surface area contributed by atoms with Crippen LogP contribution < -0.4 is 0 Å². The summed E-state index contributed by atoms with van der Waals surface area (Å²) in [4.78, 5) is 12.3. The molecule has 0 spiro atoms. The van der Waals surface area contributed by atoms with E-state index < -0.39 is 12.0 Å². The second kappa shape index (κ2) is 5.82. The molecule has 0 saturated carbocycles. The van der Waals surface area contributed by atoms with Gasteiger partial charge in [0.1, 0.15) is 11.7 Å². The number of carbonyl (C=O) groups is 1. The number of fused-ring (bicyclic) bond motifs is 2. The van der Waals surface area contributed by atoms with Crippen LogP contribution in [0.15, 0.2) is 64.4 Å². The standard InChI is InChI=1S/C23H23O2/c1-13(2)16-10-9-14(3)21-19(12-16)15(4)11-20(21)22-17-7-5-6-8-18(17)23(24)25-22/h5-11,13,20-22H,1-4H3/q+1/i20D. The number of carbonyl (C=O) groups excluding carboxylic acids is 1. The quantitative estimate of drug-likeness (QED) is 0.414. The van der Waals surface area contributed by atoms with Gasteiger partial charge in [-0.2, -0.15) is 0 Å². The number of cyclic esters (lactones) is 1. The Balaban J connectivity index is 1.89. The fourth-order valence-corrected chi connectivity index (χ4v) is 3.94. The molecule has 0 saturated heterocycles. The normalized spacial score (nSPS) is 30.9. The van der Waals surface area contributed by atoms with Crippen LogP contribution in [0.3, 0.4) is 0 Å². The minimum atomic E-state index is -1.06. The molecular formula is C23H23O2+. The van der Waals surface area contributed by atoms with Crippen LogP contribution in [0, 0.1) is 24.2 Å². The van der Waals surface area contributed by atoms with E-state index in [1.54, 1.807) is 6.07 Å². The first-order chi connectivity index (χ1) is 12.3. The summed E-state index contributed by atoms with van der Waals surface area (Å²) < 4.78 is 15.1. The molecule has 2 heteroatoms. The average Bonchev–Trinajstić information content (AvgIpc) is 2.98. The van der Waals surface area contributed by atoms with E-state index in [0.29, 0.717) is 11.5 Å². The van der Waals surface area contributed by atoms with Crippen molar-refractivity contribution < 1.29 is 10.9 Å². The average molecular weight is 332 g/mol. The van der Waals surface area contributed by atoms with Gasteiger partial charge in [-0.1, -0.05) is 38.1 Å². The highest BCUT2D eigenvalue weighted by atomic mass is 16.5. The first-order valence-electron chi connectivity index (χ1n) is 9.35. The summed E-state index contributed by atoms with van der Waals surface area (Å²) in [6.07, 6.45) is 5.56. The Kier molecular flexibility index (Phi) is 3.46. The Morgan fingerprint density at radius 2 is 2.04 bits per heavy atom. The molecule has 0 N–H and O–H groups in total. The van der Waals surface area contributed by atoms with Crippen LogP contribution in [0.4, 0.5) is 0 Å². The maximum Gasteiger partial charge on any atom is 0.339 e. The highest BCUT2D eigenvalue weighted by molar-refractivity contribution is 5.94. The van der Waals surface area contributed by atoms with Gasteiger partial charge in [-0.25, -0.2) is 4.79 Å². The van der Waals surface area contributed by atoms with Crippen LogP contribution in [-0.2, 0) is 4.74 Å². The lowest BCUT2D eigenvalue weighted by atomic mass is 9.80. The van der Waals surface area contributed by atoms with Crippen molar-refractivity contribution in [3.8, 4) is 0 Å². The van der Waals surface area contributed by atoms with Crippen LogP contribution >= 0.6 is 0 Å². The van der Waals surface area contributed by atoms with E-state index in [9.17, 15) is 6.17 Å². The van der Waals surface area contributed by atoms with E-state index in [1.165, 1.54) is 0 Å². The summed E-state index contributed by atoms with van der Waals surface area (Å²) in [5.41, 5.74) is 9.30. The van der Waals surface area contributed by atoms with Crippen molar-refractivity contribution >= 4 is 5.97 Å². The molecule has 25 heavy (non-hydrogen) atoms. The lowest BCUT2D eigenvalue weighted by Gasteiger charge is -2.22. The molecule has 2 nitrogen and oxygen atoms in total. The van der Waals surface area contributed by atoms with E-state index in [-0.39, 0.29) is 11.9 Å². The van der Waals surface area contributed by atoms with E-state index >= 15 is 0 Å². The second-order valence-electron chi connectivity index (χ2n) is 7.36. The van der Waals surface area contributed by atoms with E-state index in [2.05, 4.69) is 39.0 Å². The van der Waals surface area contributed by atoms with Crippen molar-refractivity contribution in [2.24, 2.45) is 17.7 Å². The van der Waals surface area contributed by atoms with Crippen LogP contribution in [0.2, 0.25) is 0 Å². The molecule has 0 fully saturated rings. The Morgan fingerprint density at radius 3 is 2.80 bits per heavy atom. The molecule has 0 amide bonds. The Hall–Kier alpha value is -2.44. The van der Waals surface area contributed by atoms with Crippen molar-refractivity contribution in [2.45, 2.75) is 33.8 Å². The van der Waals surface area contributed by atoms with Gasteiger partial charge in [-0.15, -0.1) is 0 Å². The molecule has 1 aromatic rings. The largest absolute Gasteiger partial charge is 0.453 e. The highest BCUT2D eigenvalue weighted by Crippen LogP contribution is 2.50. The smallest absolute Gasteiger partial charge is 0.339 e. The predicted octanol–water partition coefficient (Wildman–Crippen LogP) is 5.36. The molecule has 1 heterocycles. The summed E-state index contributed by atoms with van der Waals surface area (Å²) in [5, 5.41) is 0. The van der Waals surface area contributed by atoms with E-state index in [4.69, 9.17) is 4.74 Å². The first kappa shape index (κ1) is 14.9. The fourth-order valence-electron chi connectivity index (χ4n) is 3.94. The van der Waals surface area contributed by atoms with Gasteiger partial charge in [0.15, 0.2) is 0 Å². The molecular weight excluding hydrogens is 308 g/mol. The van der Waals surface area contributed by atoms with Gasteiger partial charge in [0.05, 0.1) is 23.5 Å². The number of allylic oxidation sites excluding steroid dienone is 4. The fraction of sp³-hybridized carbons (Fsp3) is 0.348. The number of benzene rings is 1. The first-order valence-corrected chi connectivity index (χ1v) is 8.85. The minimum absolute atomic E-state index is 0.168. The van der Waals surface area contributed by atoms with Gasteiger partial charge in [-0.3, -0.25) is 0 Å². The number of esters is 1. The summed E-state index contributed by atoms with van der Waals surface area (Å²) in [7, 11) is 0. The van der Waals surface area contributed by atoms with Crippen LogP contribution in [0.5, 0.6) is 0 Å². The number of hydrogen-bond acceptors (Lipinski definition) is 2. The van der Waals surface area contributed by atoms with E-state index in [0.717, 1.165) is 27.9 Å². The van der Waals surface area contributed by atoms with Crippen molar-refractivity contribution in [2.75, 3.05) is 0 Å². The van der Waals surface area contributed by atoms with Crippen molar-refractivity contribution in [3.63, 3.8) is 0 Å². The SMILES string of the molecule is [2H]C1(C2OC(=O)c3ccccc32)C=C(C)C2=C=C(C(C)C)[CH+]C=C(C)C21. The summed E-state index contributed by atoms with van der Waals surface area (Å²) in [6.45, 7) is 8.40. The van der Waals surface area contributed by atoms with Crippen LogP contribution in [0.25, 0.3) is 0 Å². The highest BCUT2D eigenvalue weighted by Gasteiger charge is 2.46. The molecule has 126 valence electrons. The van der Waals surface area contributed by atoms with Crippen molar-refractivity contribution in [1.82, 2.24) is 0 Å². The zero-order chi connectivity index (χ0) is 18.6. The summed E-state index contributed by atoms with van der Waals surface area (Å²) in [5.74, 6) is -1.20. The van der Waals surface area contributed by atoms with Gasteiger partial charge in [0.25, 0.3) is 0 Å². The number of hydrogen-bond donors (Lipinski definition) is 0. The van der Waals surface area contributed by atoms with E-state index in [1.807, 2.05) is 31.2 Å². The predicted molar refractivity (Wildman–Crippen MR) is 98.8 cm³/mol. The zero-order valence-corrected chi connectivity index (χ0v) is 15.1. The van der Waals surface area contributed by atoms with Crippen molar-refractivity contribution in [3.05, 3.63) is 82.0 Å². The minimum Gasteiger partial charge on any atom is -0.453 e. The van der Waals surface area contributed by atoms with Crippen molar-refractivity contribution in [1.29, 1.82) is 0 Å². The third-order valence-corrected chi connectivity index (χ3v) is 5.30. The molecule has 3 unspecified atom stereocenters. The maximum absolute atomic E-state index is 12.3. The third-order valence-electron chi connectivity index (χ3n) is 5.30. The molecule has 3 atom stereocenters. The molecule has 4 rings (SSSR count). The zero-order valence-electron chi connectivity index (χ0n) is 16.1. The van der Waals surface area contributed by atoms with Crippen LogP contribution in [0.1, 0.15) is 51.1 Å². The lowest BCUT2D eigenvalue weighted by Crippen LogP contribution is -2.19. The second-order valence-corrected chi connectivity index (χ2v) is 7.36. The Labute approximate surface area is 151 Å². The summed E-state index contributed by atoms with van der Waals surface area (Å²) >= 11 is 0. The summed E-state index contributed by atoms with van der Waals surface area (Å²) in [6, 6.07) is 7.43. The molecule has 1 aliphatic heterocycles. The number of ether oxygens (including phenoxy) is 1. The number of rotatable bonds is 2. The lowest BCUT2D eigenvalue weighted by molar-refractivity contribution is 0.0266. The molecule has 0 radical (unpaired) electrons. The van der Waals surface area contributed by atoms with Gasteiger partial charge >= 0.3 is 5.97 Å². The molecule has 2 aliphatic carbocycles. The Bertz CT molecular complexity index is 927. The third kappa shape index (κ3) is 2.49. The monoisotopic (exact) mass is 332 g/mol. The molecule has 0 aromatic heterocycles. The van der Waals surface area contributed by atoms with Gasteiger partial charge < -0.3 is 4.74 Å².